The average Bonchev–Trinajstić information content (AvgIpc) is 2.90. The predicted octanol–water partition coefficient (Wildman–Crippen LogP) is 3.30. The zero-order chi connectivity index (χ0) is 15.7. The molecule has 1 aliphatic heterocycles. The maximum Gasteiger partial charge on any atom is 0.314 e. The lowest BCUT2D eigenvalue weighted by Gasteiger charge is -2.19. The Morgan fingerprint density at radius 3 is 2.73 bits per heavy atom. The van der Waals surface area contributed by atoms with Gasteiger partial charge in [0.1, 0.15) is 17.5 Å². The number of fused-ring (bicyclic) bond motifs is 1. The van der Waals surface area contributed by atoms with Crippen LogP contribution < -0.4 is 4.74 Å². The Hall–Kier alpha value is -2.30. The van der Waals surface area contributed by atoms with Gasteiger partial charge in [0.05, 0.1) is 11.8 Å². The van der Waals surface area contributed by atoms with Crippen LogP contribution in [0.2, 0.25) is 0 Å². The number of aromatic nitrogens is 2. The molecule has 0 amide bonds. The second kappa shape index (κ2) is 5.83. The van der Waals surface area contributed by atoms with Crippen LogP contribution in [-0.2, 0) is 11.3 Å². The van der Waals surface area contributed by atoms with Crippen molar-refractivity contribution in [1.29, 1.82) is 0 Å². The van der Waals surface area contributed by atoms with E-state index in [1.165, 1.54) is 0 Å². The lowest BCUT2D eigenvalue weighted by Crippen LogP contribution is -2.21. The van der Waals surface area contributed by atoms with E-state index in [-0.39, 0.29) is 6.10 Å². The Bertz CT molecular complexity index is 674. The van der Waals surface area contributed by atoms with E-state index in [1.54, 1.807) is 0 Å². The van der Waals surface area contributed by atoms with Crippen LogP contribution in [0.15, 0.2) is 30.5 Å². The Morgan fingerprint density at radius 1 is 1.36 bits per heavy atom. The van der Waals surface area contributed by atoms with E-state index in [1.807, 2.05) is 48.9 Å². The van der Waals surface area contributed by atoms with E-state index < -0.39 is 11.9 Å². The summed E-state index contributed by atoms with van der Waals surface area (Å²) < 4.78 is 7.60. The third kappa shape index (κ3) is 2.84. The van der Waals surface area contributed by atoms with Gasteiger partial charge in [-0.3, -0.25) is 4.79 Å². The van der Waals surface area contributed by atoms with E-state index in [0.29, 0.717) is 12.2 Å². The Kier molecular flexibility index (Phi) is 3.88. The Labute approximate surface area is 129 Å². The monoisotopic (exact) mass is 300 g/mol. The second-order valence-corrected chi connectivity index (χ2v) is 5.90. The fourth-order valence-corrected chi connectivity index (χ4v) is 2.83. The highest BCUT2D eigenvalue weighted by Crippen LogP contribution is 2.30. The van der Waals surface area contributed by atoms with E-state index in [2.05, 4.69) is 4.98 Å². The lowest BCUT2D eigenvalue weighted by atomic mass is 9.99. The van der Waals surface area contributed by atoms with Crippen molar-refractivity contribution in [3.05, 3.63) is 36.3 Å². The summed E-state index contributed by atoms with van der Waals surface area (Å²) >= 11 is 0. The fourth-order valence-electron chi connectivity index (χ4n) is 2.83. The lowest BCUT2D eigenvalue weighted by molar-refractivity contribution is -0.139. The molecule has 0 saturated carbocycles. The molecule has 116 valence electrons. The standard InChI is InChI=1S/C17H20N2O3/c1-11(2)22-13-7-5-12(6-8-13)15-10-19-9-3-4-14(17(20)21)16(19)18-15/h5-8,10-11,14H,3-4,9H2,1-2H3,(H,20,21). The van der Waals surface area contributed by atoms with E-state index in [9.17, 15) is 9.90 Å². The van der Waals surface area contributed by atoms with E-state index in [0.717, 1.165) is 30.0 Å². The first-order valence-electron chi connectivity index (χ1n) is 7.61. The van der Waals surface area contributed by atoms with Gasteiger partial charge in [-0.25, -0.2) is 4.98 Å². The van der Waals surface area contributed by atoms with Crippen molar-refractivity contribution < 1.29 is 14.6 Å². The number of ether oxygens (including phenoxy) is 1. The molecule has 5 heteroatoms. The second-order valence-electron chi connectivity index (χ2n) is 5.90. The summed E-state index contributed by atoms with van der Waals surface area (Å²) in [5, 5.41) is 9.32. The van der Waals surface area contributed by atoms with E-state index in [4.69, 9.17) is 4.74 Å². The van der Waals surface area contributed by atoms with E-state index >= 15 is 0 Å². The van der Waals surface area contributed by atoms with Crippen molar-refractivity contribution in [1.82, 2.24) is 9.55 Å². The van der Waals surface area contributed by atoms with Gasteiger partial charge in [-0.1, -0.05) is 0 Å². The molecule has 1 aliphatic rings. The van der Waals surface area contributed by atoms with Crippen molar-refractivity contribution in [2.24, 2.45) is 0 Å². The maximum absolute atomic E-state index is 11.3. The van der Waals surface area contributed by atoms with Crippen LogP contribution in [0.3, 0.4) is 0 Å². The molecule has 0 radical (unpaired) electrons. The number of carboxylic acid groups (broad SMARTS) is 1. The van der Waals surface area contributed by atoms with Gasteiger partial charge in [0.25, 0.3) is 0 Å². The highest BCUT2D eigenvalue weighted by Gasteiger charge is 2.28. The predicted molar refractivity (Wildman–Crippen MR) is 83.0 cm³/mol. The summed E-state index contributed by atoms with van der Waals surface area (Å²) in [5.41, 5.74) is 1.79. The summed E-state index contributed by atoms with van der Waals surface area (Å²) in [7, 11) is 0. The van der Waals surface area contributed by atoms with Crippen LogP contribution in [0, 0.1) is 0 Å². The minimum Gasteiger partial charge on any atom is -0.491 e. The Morgan fingerprint density at radius 2 is 2.09 bits per heavy atom. The summed E-state index contributed by atoms with van der Waals surface area (Å²) in [5.74, 6) is 0.201. The van der Waals surface area contributed by atoms with Crippen LogP contribution in [0.25, 0.3) is 11.3 Å². The molecule has 3 rings (SSSR count). The molecule has 1 N–H and O–H groups in total. The molecule has 2 aromatic rings. The molecule has 1 unspecified atom stereocenters. The molecule has 1 atom stereocenters. The van der Waals surface area contributed by atoms with Crippen molar-refractivity contribution in [3.8, 4) is 17.0 Å². The number of carbonyl (C=O) groups is 1. The Balaban J connectivity index is 1.88. The topological polar surface area (TPSA) is 64.4 Å². The summed E-state index contributed by atoms with van der Waals surface area (Å²) in [6.45, 7) is 4.81. The number of imidazole rings is 1. The fraction of sp³-hybridized carbons (Fsp3) is 0.412. The quantitative estimate of drug-likeness (QED) is 0.941. The van der Waals surface area contributed by atoms with Crippen molar-refractivity contribution >= 4 is 5.97 Å². The summed E-state index contributed by atoms with van der Waals surface area (Å²) in [4.78, 5) is 15.9. The summed E-state index contributed by atoms with van der Waals surface area (Å²) in [6, 6.07) is 7.76. The van der Waals surface area contributed by atoms with Gasteiger partial charge in [-0.2, -0.15) is 0 Å². The van der Waals surface area contributed by atoms with Gasteiger partial charge in [0, 0.05) is 18.3 Å². The average molecular weight is 300 g/mol. The van der Waals surface area contributed by atoms with Crippen LogP contribution in [0.1, 0.15) is 38.4 Å². The molecule has 5 nitrogen and oxygen atoms in total. The first-order valence-corrected chi connectivity index (χ1v) is 7.61. The van der Waals surface area contributed by atoms with Gasteiger partial charge in [-0.05, 0) is 51.0 Å². The molecule has 2 heterocycles. The zero-order valence-corrected chi connectivity index (χ0v) is 12.8. The number of aliphatic carboxylic acids is 1. The molecular weight excluding hydrogens is 280 g/mol. The highest BCUT2D eigenvalue weighted by atomic mass is 16.5. The highest BCUT2D eigenvalue weighted by molar-refractivity contribution is 5.75. The molecule has 0 bridgehead atoms. The molecular formula is C17H20N2O3. The number of benzene rings is 1. The molecule has 1 aromatic heterocycles. The van der Waals surface area contributed by atoms with Gasteiger partial charge in [0.15, 0.2) is 0 Å². The molecule has 0 spiro atoms. The zero-order valence-electron chi connectivity index (χ0n) is 12.8. The molecule has 0 saturated heterocycles. The third-order valence-corrected chi connectivity index (χ3v) is 3.83. The first kappa shape index (κ1) is 14.6. The molecule has 0 aliphatic carbocycles. The van der Waals surface area contributed by atoms with Crippen molar-refractivity contribution in [2.75, 3.05) is 0 Å². The smallest absolute Gasteiger partial charge is 0.314 e. The number of rotatable bonds is 4. The number of nitrogens with zero attached hydrogens (tertiary/aromatic N) is 2. The van der Waals surface area contributed by atoms with Crippen LogP contribution in [-0.4, -0.2) is 26.7 Å². The van der Waals surface area contributed by atoms with Gasteiger partial charge < -0.3 is 14.4 Å². The minimum absolute atomic E-state index is 0.141. The number of carboxylic acids is 1. The van der Waals surface area contributed by atoms with Crippen LogP contribution in [0.4, 0.5) is 0 Å². The van der Waals surface area contributed by atoms with Crippen LogP contribution in [0.5, 0.6) is 5.75 Å². The van der Waals surface area contributed by atoms with Gasteiger partial charge in [0.2, 0.25) is 0 Å². The van der Waals surface area contributed by atoms with Crippen molar-refractivity contribution in [2.45, 2.75) is 45.3 Å². The maximum atomic E-state index is 11.3. The van der Waals surface area contributed by atoms with Gasteiger partial charge in [-0.15, -0.1) is 0 Å². The van der Waals surface area contributed by atoms with Crippen molar-refractivity contribution in [3.63, 3.8) is 0 Å². The number of hydrogen-bond donors (Lipinski definition) is 1. The number of aryl methyl sites for hydroxylation is 1. The van der Waals surface area contributed by atoms with Crippen LogP contribution >= 0.6 is 0 Å². The first-order chi connectivity index (χ1) is 10.5. The minimum atomic E-state index is -0.793. The molecule has 0 fully saturated rings. The summed E-state index contributed by atoms with van der Waals surface area (Å²) in [6.07, 6.45) is 3.62. The molecule has 1 aromatic carbocycles. The molecule has 22 heavy (non-hydrogen) atoms. The third-order valence-electron chi connectivity index (χ3n) is 3.83. The van der Waals surface area contributed by atoms with Gasteiger partial charge >= 0.3 is 5.97 Å². The number of hydrogen-bond acceptors (Lipinski definition) is 3. The SMILES string of the molecule is CC(C)Oc1ccc(-c2cn3c(n2)C(C(=O)O)CCC3)cc1. The normalized spacial score (nSPS) is 17.3. The largest absolute Gasteiger partial charge is 0.491 e.